The minimum Gasteiger partial charge on any atom is -0.481 e. The van der Waals surface area contributed by atoms with Gasteiger partial charge in [0.2, 0.25) is 0 Å². The number of carbonyl (C=O) groups is 1. The molecule has 0 bridgehead atoms. The van der Waals surface area contributed by atoms with Crippen molar-refractivity contribution >= 4 is 29.2 Å². The van der Waals surface area contributed by atoms with Gasteiger partial charge in [-0.25, -0.2) is 0 Å². The number of nitrogens with zero attached hydrogens (tertiary/aromatic N) is 1. The predicted octanol–water partition coefficient (Wildman–Crippen LogP) is 3.07. The minimum atomic E-state index is -0.843. The van der Waals surface area contributed by atoms with Gasteiger partial charge in [-0.1, -0.05) is 29.3 Å². The summed E-state index contributed by atoms with van der Waals surface area (Å²) in [6, 6.07) is 4.98. The van der Waals surface area contributed by atoms with E-state index in [4.69, 9.17) is 28.3 Å². The summed E-state index contributed by atoms with van der Waals surface area (Å²) in [5, 5.41) is 9.74. The molecule has 16 heavy (non-hydrogen) atoms. The number of hydrogen-bond donors (Lipinski definition) is 1. The maximum Gasteiger partial charge on any atom is 0.305 e. The van der Waals surface area contributed by atoms with Crippen LogP contribution in [0.5, 0.6) is 0 Å². The Morgan fingerprint density at radius 3 is 2.44 bits per heavy atom. The van der Waals surface area contributed by atoms with E-state index in [2.05, 4.69) is 0 Å². The fourth-order valence-electron chi connectivity index (χ4n) is 1.48. The van der Waals surface area contributed by atoms with E-state index in [1.54, 1.807) is 18.2 Å². The molecular formula is C11H13Cl2NO2. The fourth-order valence-corrected chi connectivity index (χ4v) is 1.79. The van der Waals surface area contributed by atoms with Crippen LogP contribution in [0.2, 0.25) is 10.0 Å². The zero-order valence-corrected chi connectivity index (χ0v) is 10.6. The van der Waals surface area contributed by atoms with Crippen LogP contribution in [0.25, 0.3) is 0 Å². The molecule has 0 aromatic heterocycles. The molecule has 88 valence electrons. The number of halogens is 2. The standard InChI is InChI=1S/C11H13Cl2NO2/c1-14(2)10(6-11(15)16)7-3-4-8(12)9(13)5-7/h3-5,10H,6H2,1-2H3,(H,15,16). The fraction of sp³-hybridized carbons (Fsp3) is 0.364. The average Bonchev–Trinajstić information content (AvgIpc) is 2.18. The minimum absolute atomic E-state index is 0.0327. The van der Waals surface area contributed by atoms with Crippen LogP contribution in [0.4, 0.5) is 0 Å². The van der Waals surface area contributed by atoms with Crippen LogP contribution < -0.4 is 0 Å². The Balaban J connectivity index is 3.01. The van der Waals surface area contributed by atoms with Gasteiger partial charge in [-0.3, -0.25) is 4.79 Å². The maximum atomic E-state index is 10.8. The highest BCUT2D eigenvalue weighted by Crippen LogP contribution is 2.29. The van der Waals surface area contributed by atoms with E-state index < -0.39 is 5.97 Å². The molecule has 1 N–H and O–H groups in total. The lowest BCUT2D eigenvalue weighted by Crippen LogP contribution is -2.22. The van der Waals surface area contributed by atoms with Gasteiger partial charge in [-0.2, -0.15) is 0 Å². The lowest BCUT2D eigenvalue weighted by Gasteiger charge is -2.23. The van der Waals surface area contributed by atoms with Gasteiger partial charge in [-0.05, 0) is 31.8 Å². The van der Waals surface area contributed by atoms with Gasteiger partial charge in [0.25, 0.3) is 0 Å². The van der Waals surface area contributed by atoms with Crippen molar-refractivity contribution in [3.8, 4) is 0 Å². The Morgan fingerprint density at radius 1 is 1.38 bits per heavy atom. The largest absolute Gasteiger partial charge is 0.481 e. The predicted molar refractivity (Wildman–Crippen MR) is 65.1 cm³/mol. The molecule has 5 heteroatoms. The van der Waals surface area contributed by atoms with Gasteiger partial charge in [0.15, 0.2) is 0 Å². The van der Waals surface area contributed by atoms with Gasteiger partial charge >= 0.3 is 5.97 Å². The Hall–Kier alpha value is -0.770. The third-order valence-corrected chi connectivity index (χ3v) is 3.06. The summed E-state index contributed by atoms with van der Waals surface area (Å²) in [5.41, 5.74) is 0.849. The molecule has 0 heterocycles. The highest BCUT2D eigenvalue weighted by atomic mass is 35.5. The molecule has 1 rings (SSSR count). The molecule has 0 amide bonds. The molecule has 0 saturated heterocycles. The van der Waals surface area contributed by atoms with E-state index in [9.17, 15) is 4.79 Å². The van der Waals surface area contributed by atoms with Gasteiger partial charge in [0.05, 0.1) is 16.5 Å². The SMILES string of the molecule is CN(C)C(CC(=O)O)c1ccc(Cl)c(Cl)c1. The summed E-state index contributed by atoms with van der Waals surface area (Å²) in [7, 11) is 3.66. The topological polar surface area (TPSA) is 40.5 Å². The summed E-state index contributed by atoms with van der Waals surface area (Å²) >= 11 is 11.7. The Morgan fingerprint density at radius 2 is 2.00 bits per heavy atom. The summed E-state index contributed by atoms with van der Waals surface area (Å²) in [5.74, 6) is -0.843. The smallest absolute Gasteiger partial charge is 0.305 e. The molecule has 0 radical (unpaired) electrons. The molecule has 0 aliphatic rings. The summed E-state index contributed by atoms with van der Waals surface area (Å²) in [6.45, 7) is 0. The van der Waals surface area contributed by atoms with E-state index in [1.807, 2.05) is 19.0 Å². The van der Waals surface area contributed by atoms with Crippen LogP contribution in [0.15, 0.2) is 18.2 Å². The Kier molecular flexibility index (Phi) is 4.59. The van der Waals surface area contributed by atoms with E-state index in [1.165, 1.54) is 0 Å². The zero-order valence-electron chi connectivity index (χ0n) is 9.08. The van der Waals surface area contributed by atoms with Crippen molar-refractivity contribution in [1.82, 2.24) is 4.90 Å². The van der Waals surface area contributed by atoms with Gasteiger partial charge < -0.3 is 10.0 Å². The quantitative estimate of drug-likeness (QED) is 0.906. The second-order valence-corrected chi connectivity index (χ2v) is 4.57. The van der Waals surface area contributed by atoms with Crippen molar-refractivity contribution in [3.05, 3.63) is 33.8 Å². The summed E-state index contributed by atoms with van der Waals surface area (Å²) < 4.78 is 0. The van der Waals surface area contributed by atoms with Crippen molar-refractivity contribution in [2.75, 3.05) is 14.1 Å². The molecule has 0 aliphatic heterocycles. The first-order chi connectivity index (χ1) is 7.41. The zero-order chi connectivity index (χ0) is 12.3. The molecule has 1 atom stereocenters. The maximum absolute atomic E-state index is 10.8. The molecule has 1 unspecified atom stereocenters. The molecule has 1 aromatic carbocycles. The molecule has 0 saturated carbocycles. The molecule has 0 aliphatic carbocycles. The lowest BCUT2D eigenvalue weighted by atomic mass is 10.0. The van der Waals surface area contributed by atoms with Crippen molar-refractivity contribution in [2.24, 2.45) is 0 Å². The lowest BCUT2D eigenvalue weighted by molar-refractivity contribution is -0.138. The Labute approximate surface area is 105 Å². The van der Waals surface area contributed by atoms with Crippen molar-refractivity contribution in [3.63, 3.8) is 0 Å². The van der Waals surface area contributed by atoms with Crippen LogP contribution in [-0.2, 0) is 4.79 Å². The van der Waals surface area contributed by atoms with Crippen LogP contribution in [0.3, 0.4) is 0 Å². The number of carboxylic acids is 1. The normalized spacial score (nSPS) is 12.8. The van der Waals surface area contributed by atoms with Crippen molar-refractivity contribution in [2.45, 2.75) is 12.5 Å². The first kappa shape index (κ1) is 13.3. The Bertz CT molecular complexity index is 394. The summed E-state index contributed by atoms with van der Waals surface area (Å²) in [6.07, 6.45) is 0.0327. The van der Waals surface area contributed by atoms with Crippen LogP contribution in [0, 0.1) is 0 Å². The number of carboxylic acid groups (broad SMARTS) is 1. The average molecular weight is 262 g/mol. The molecule has 1 aromatic rings. The van der Waals surface area contributed by atoms with Crippen LogP contribution >= 0.6 is 23.2 Å². The van der Waals surface area contributed by atoms with E-state index in [0.717, 1.165) is 5.56 Å². The number of benzene rings is 1. The third kappa shape index (κ3) is 3.37. The van der Waals surface area contributed by atoms with E-state index in [-0.39, 0.29) is 12.5 Å². The third-order valence-electron chi connectivity index (χ3n) is 2.32. The van der Waals surface area contributed by atoms with Crippen molar-refractivity contribution < 1.29 is 9.90 Å². The number of aliphatic carboxylic acids is 1. The number of hydrogen-bond acceptors (Lipinski definition) is 2. The van der Waals surface area contributed by atoms with Gasteiger partial charge in [0.1, 0.15) is 0 Å². The summed E-state index contributed by atoms with van der Waals surface area (Å²) in [4.78, 5) is 12.6. The first-order valence-electron chi connectivity index (χ1n) is 4.75. The first-order valence-corrected chi connectivity index (χ1v) is 5.50. The highest BCUT2D eigenvalue weighted by Gasteiger charge is 2.18. The van der Waals surface area contributed by atoms with Crippen molar-refractivity contribution in [1.29, 1.82) is 0 Å². The van der Waals surface area contributed by atoms with Gasteiger partial charge in [-0.15, -0.1) is 0 Å². The second kappa shape index (κ2) is 5.53. The van der Waals surface area contributed by atoms with Gasteiger partial charge in [0, 0.05) is 6.04 Å². The molecular weight excluding hydrogens is 249 g/mol. The van der Waals surface area contributed by atoms with E-state index >= 15 is 0 Å². The van der Waals surface area contributed by atoms with Crippen LogP contribution in [0.1, 0.15) is 18.0 Å². The molecule has 3 nitrogen and oxygen atoms in total. The second-order valence-electron chi connectivity index (χ2n) is 3.75. The molecule has 0 fully saturated rings. The highest BCUT2D eigenvalue weighted by molar-refractivity contribution is 6.42. The molecule has 0 spiro atoms. The van der Waals surface area contributed by atoms with Crippen LogP contribution in [-0.4, -0.2) is 30.1 Å². The van der Waals surface area contributed by atoms with E-state index in [0.29, 0.717) is 10.0 Å². The monoisotopic (exact) mass is 261 g/mol. The number of rotatable bonds is 4.